The molecule has 1 N–H and O–H groups in total. The maximum Gasteiger partial charge on any atom is 0.101 e. The molecule has 2 heterocycles. The lowest BCUT2D eigenvalue weighted by molar-refractivity contribution is 0.168. The third-order valence-electron chi connectivity index (χ3n) is 2.50. The van der Waals surface area contributed by atoms with Gasteiger partial charge in [-0.2, -0.15) is 0 Å². The fourth-order valence-corrected chi connectivity index (χ4v) is 2.30. The van der Waals surface area contributed by atoms with Crippen molar-refractivity contribution >= 4 is 11.3 Å². The molecule has 0 aliphatic carbocycles. The number of aryl methyl sites for hydroxylation is 2. The molecular formula is C11H15N3OS. The van der Waals surface area contributed by atoms with Gasteiger partial charge in [0.25, 0.3) is 0 Å². The Morgan fingerprint density at radius 3 is 3.00 bits per heavy atom. The Morgan fingerprint density at radius 1 is 1.56 bits per heavy atom. The molecule has 2 aromatic rings. The molecule has 2 aromatic heterocycles. The van der Waals surface area contributed by atoms with Crippen LogP contribution in [0.2, 0.25) is 0 Å². The fourth-order valence-electron chi connectivity index (χ4n) is 1.68. The molecule has 0 bridgehead atoms. The van der Waals surface area contributed by atoms with Crippen molar-refractivity contribution in [1.29, 1.82) is 0 Å². The second-order valence-electron chi connectivity index (χ2n) is 3.68. The molecule has 2 rings (SSSR count). The zero-order valence-electron chi connectivity index (χ0n) is 9.42. The summed E-state index contributed by atoms with van der Waals surface area (Å²) in [5.74, 6) is 0. The molecule has 0 amide bonds. The predicted octanol–water partition coefficient (Wildman–Crippen LogP) is 1.94. The van der Waals surface area contributed by atoms with Crippen LogP contribution in [0, 0.1) is 6.92 Å². The first-order chi connectivity index (χ1) is 7.70. The summed E-state index contributed by atoms with van der Waals surface area (Å²) in [5.41, 5.74) is 1.80. The van der Waals surface area contributed by atoms with Crippen LogP contribution in [0.15, 0.2) is 17.9 Å². The smallest absolute Gasteiger partial charge is 0.101 e. The quantitative estimate of drug-likeness (QED) is 0.884. The van der Waals surface area contributed by atoms with Gasteiger partial charge in [0, 0.05) is 18.3 Å². The van der Waals surface area contributed by atoms with E-state index in [-0.39, 0.29) is 0 Å². The molecule has 1 unspecified atom stereocenters. The van der Waals surface area contributed by atoms with Crippen molar-refractivity contribution in [2.75, 3.05) is 0 Å². The lowest BCUT2D eigenvalue weighted by Crippen LogP contribution is -2.08. The summed E-state index contributed by atoms with van der Waals surface area (Å²) in [6.45, 7) is 4.82. The molecule has 0 radical (unpaired) electrons. The van der Waals surface area contributed by atoms with Crippen LogP contribution in [-0.2, 0) is 13.0 Å². The van der Waals surface area contributed by atoms with E-state index in [1.54, 1.807) is 23.9 Å². The van der Waals surface area contributed by atoms with E-state index in [0.29, 0.717) is 6.42 Å². The Hall–Kier alpha value is -1.20. The Kier molecular flexibility index (Phi) is 3.36. The second-order valence-corrected chi connectivity index (χ2v) is 4.74. The lowest BCUT2D eigenvalue weighted by Gasteiger charge is -2.11. The van der Waals surface area contributed by atoms with Crippen molar-refractivity contribution in [3.05, 3.63) is 34.3 Å². The highest BCUT2D eigenvalue weighted by Crippen LogP contribution is 2.19. The SMILES string of the molecule is CCn1cncc1C(O)Cc1csc(C)n1. The monoisotopic (exact) mass is 237 g/mol. The van der Waals surface area contributed by atoms with Crippen molar-refractivity contribution in [2.24, 2.45) is 0 Å². The van der Waals surface area contributed by atoms with Crippen LogP contribution in [0.25, 0.3) is 0 Å². The standard InChI is InChI=1S/C11H15N3OS/c1-3-14-7-12-5-10(14)11(15)4-9-6-16-8(2)13-9/h5-7,11,15H,3-4H2,1-2H3. The average Bonchev–Trinajstić information content (AvgIpc) is 2.86. The minimum atomic E-state index is -0.524. The Balaban J connectivity index is 2.11. The molecule has 16 heavy (non-hydrogen) atoms. The van der Waals surface area contributed by atoms with Gasteiger partial charge in [-0.25, -0.2) is 9.97 Å². The van der Waals surface area contributed by atoms with E-state index in [9.17, 15) is 5.11 Å². The number of imidazole rings is 1. The molecule has 0 saturated carbocycles. The van der Waals surface area contributed by atoms with Crippen LogP contribution < -0.4 is 0 Å². The third kappa shape index (κ3) is 2.31. The molecule has 4 nitrogen and oxygen atoms in total. The van der Waals surface area contributed by atoms with Crippen molar-refractivity contribution in [3.63, 3.8) is 0 Å². The molecule has 0 aliphatic heterocycles. The lowest BCUT2D eigenvalue weighted by atomic mass is 10.1. The molecule has 0 spiro atoms. The second kappa shape index (κ2) is 4.76. The van der Waals surface area contributed by atoms with Crippen molar-refractivity contribution in [2.45, 2.75) is 32.9 Å². The van der Waals surface area contributed by atoms with Crippen LogP contribution in [0.4, 0.5) is 0 Å². The van der Waals surface area contributed by atoms with Crippen LogP contribution in [-0.4, -0.2) is 19.6 Å². The first kappa shape index (κ1) is 11.3. The summed E-state index contributed by atoms with van der Waals surface area (Å²) in [7, 11) is 0. The number of aliphatic hydroxyl groups excluding tert-OH is 1. The zero-order valence-corrected chi connectivity index (χ0v) is 10.2. The maximum atomic E-state index is 10.1. The Morgan fingerprint density at radius 2 is 2.38 bits per heavy atom. The van der Waals surface area contributed by atoms with E-state index in [1.165, 1.54) is 0 Å². The predicted molar refractivity (Wildman–Crippen MR) is 63.4 cm³/mol. The third-order valence-corrected chi connectivity index (χ3v) is 3.32. The normalized spacial score (nSPS) is 12.9. The highest BCUT2D eigenvalue weighted by Gasteiger charge is 2.14. The molecule has 86 valence electrons. The number of aromatic nitrogens is 3. The van der Waals surface area contributed by atoms with E-state index in [2.05, 4.69) is 9.97 Å². The largest absolute Gasteiger partial charge is 0.386 e. The Bertz CT molecular complexity index is 463. The number of rotatable bonds is 4. The molecule has 0 saturated heterocycles. The van der Waals surface area contributed by atoms with E-state index in [0.717, 1.165) is 22.9 Å². The minimum Gasteiger partial charge on any atom is -0.386 e. The van der Waals surface area contributed by atoms with Crippen LogP contribution in [0.3, 0.4) is 0 Å². The molecule has 1 atom stereocenters. The summed E-state index contributed by atoms with van der Waals surface area (Å²) in [5, 5.41) is 13.1. The summed E-state index contributed by atoms with van der Waals surface area (Å²) >= 11 is 1.61. The van der Waals surface area contributed by atoms with Crippen molar-refractivity contribution in [3.8, 4) is 0 Å². The van der Waals surface area contributed by atoms with Crippen molar-refractivity contribution in [1.82, 2.24) is 14.5 Å². The molecule has 0 fully saturated rings. The molecule has 0 aromatic carbocycles. The van der Waals surface area contributed by atoms with Gasteiger partial charge in [0.05, 0.1) is 28.9 Å². The first-order valence-electron chi connectivity index (χ1n) is 5.29. The molecular weight excluding hydrogens is 222 g/mol. The highest BCUT2D eigenvalue weighted by molar-refractivity contribution is 7.09. The van der Waals surface area contributed by atoms with Crippen molar-refractivity contribution < 1.29 is 5.11 Å². The number of hydrogen-bond acceptors (Lipinski definition) is 4. The summed E-state index contributed by atoms with van der Waals surface area (Å²) in [4.78, 5) is 8.39. The number of hydrogen-bond donors (Lipinski definition) is 1. The highest BCUT2D eigenvalue weighted by atomic mass is 32.1. The summed E-state index contributed by atoms with van der Waals surface area (Å²) < 4.78 is 1.95. The van der Waals surface area contributed by atoms with Gasteiger partial charge in [-0.3, -0.25) is 0 Å². The van der Waals surface area contributed by atoms with E-state index >= 15 is 0 Å². The number of nitrogens with zero attached hydrogens (tertiary/aromatic N) is 3. The van der Waals surface area contributed by atoms with Gasteiger partial charge in [0.2, 0.25) is 0 Å². The average molecular weight is 237 g/mol. The first-order valence-corrected chi connectivity index (χ1v) is 6.17. The van der Waals surface area contributed by atoms with Gasteiger partial charge < -0.3 is 9.67 Å². The molecule has 0 aliphatic rings. The maximum absolute atomic E-state index is 10.1. The topological polar surface area (TPSA) is 50.9 Å². The van der Waals surface area contributed by atoms with E-state index in [1.807, 2.05) is 23.8 Å². The number of aliphatic hydroxyl groups is 1. The van der Waals surface area contributed by atoms with Gasteiger partial charge in [-0.15, -0.1) is 11.3 Å². The zero-order chi connectivity index (χ0) is 11.5. The molecule has 5 heteroatoms. The van der Waals surface area contributed by atoms with Crippen LogP contribution >= 0.6 is 11.3 Å². The minimum absolute atomic E-state index is 0.524. The summed E-state index contributed by atoms with van der Waals surface area (Å²) in [6.07, 6.45) is 3.48. The van der Waals surface area contributed by atoms with Gasteiger partial charge >= 0.3 is 0 Å². The fraction of sp³-hybridized carbons (Fsp3) is 0.455. The van der Waals surface area contributed by atoms with E-state index in [4.69, 9.17) is 0 Å². The van der Waals surface area contributed by atoms with Crippen LogP contribution in [0.5, 0.6) is 0 Å². The van der Waals surface area contributed by atoms with Gasteiger partial charge in [0.1, 0.15) is 6.10 Å². The number of thiazole rings is 1. The summed E-state index contributed by atoms with van der Waals surface area (Å²) in [6, 6.07) is 0. The van der Waals surface area contributed by atoms with Crippen LogP contribution in [0.1, 0.15) is 29.4 Å². The Labute approximate surface area is 98.6 Å². The van der Waals surface area contributed by atoms with Gasteiger partial charge in [-0.05, 0) is 13.8 Å². The van der Waals surface area contributed by atoms with Gasteiger partial charge in [0.15, 0.2) is 0 Å². The van der Waals surface area contributed by atoms with E-state index < -0.39 is 6.10 Å². The van der Waals surface area contributed by atoms with Gasteiger partial charge in [-0.1, -0.05) is 0 Å².